The van der Waals surface area contributed by atoms with Gasteiger partial charge in [0.05, 0.1) is 12.5 Å². The fourth-order valence-electron chi connectivity index (χ4n) is 3.58. The lowest BCUT2D eigenvalue weighted by Gasteiger charge is -2.29. The van der Waals surface area contributed by atoms with Crippen LogP contribution in [-0.2, 0) is 20.9 Å². The van der Waals surface area contributed by atoms with Crippen LogP contribution in [0, 0.1) is 5.92 Å². The molecular weight excluding hydrogens is 370 g/mol. The average molecular weight is 396 g/mol. The quantitative estimate of drug-likeness (QED) is 0.764. The highest BCUT2D eigenvalue weighted by Crippen LogP contribution is 2.21. The van der Waals surface area contributed by atoms with Crippen molar-refractivity contribution in [2.24, 2.45) is 5.92 Å². The molecule has 0 aliphatic carbocycles. The molecule has 2 amide bonds. The van der Waals surface area contributed by atoms with Gasteiger partial charge in [-0.05, 0) is 43.5 Å². The number of aliphatic carboxylic acids is 1. The maximum atomic E-state index is 12.1. The van der Waals surface area contributed by atoms with Gasteiger partial charge in [-0.1, -0.05) is 12.1 Å². The lowest BCUT2D eigenvalue weighted by Crippen LogP contribution is -2.44. The van der Waals surface area contributed by atoms with Gasteiger partial charge in [-0.15, -0.1) is 12.4 Å². The molecular formula is C19H26ClN3O4. The maximum absolute atomic E-state index is 12.1. The van der Waals surface area contributed by atoms with Gasteiger partial charge >= 0.3 is 5.97 Å². The standard InChI is InChI=1S/C19H25N3O4.ClH/c23-17(13-21-9-1-3-15(12-21)19(25)26)20-11-14-5-7-16(8-6-14)22-10-2-4-18(22)24;/h5-8,15H,1-4,9-13H2,(H,20,23)(H,25,26);1H. The molecule has 148 valence electrons. The molecule has 2 saturated heterocycles. The number of carbonyl (C=O) groups is 3. The minimum Gasteiger partial charge on any atom is -0.481 e. The summed E-state index contributed by atoms with van der Waals surface area (Å²) < 4.78 is 0. The Labute approximate surface area is 165 Å². The van der Waals surface area contributed by atoms with Crippen LogP contribution in [0.4, 0.5) is 5.69 Å². The molecule has 0 bridgehead atoms. The molecule has 2 N–H and O–H groups in total. The lowest BCUT2D eigenvalue weighted by molar-refractivity contribution is -0.144. The van der Waals surface area contributed by atoms with Gasteiger partial charge in [0.2, 0.25) is 11.8 Å². The van der Waals surface area contributed by atoms with E-state index in [4.69, 9.17) is 5.11 Å². The molecule has 7 nitrogen and oxygen atoms in total. The summed E-state index contributed by atoms with van der Waals surface area (Å²) in [4.78, 5) is 38.7. The van der Waals surface area contributed by atoms with Gasteiger partial charge in [-0.25, -0.2) is 0 Å². The number of carboxylic acids is 1. The molecule has 1 aromatic rings. The Morgan fingerprint density at radius 3 is 2.52 bits per heavy atom. The molecule has 8 heteroatoms. The molecule has 1 aromatic carbocycles. The summed E-state index contributed by atoms with van der Waals surface area (Å²) in [7, 11) is 0. The van der Waals surface area contributed by atoms with Crippen LogP contribution in [-0.4, -0.2) is 54.0 Å². The highest BCUT2D eigenvalue weighted by Gasteiger charge is 2.26. The van der Waals surface area contributed by atoms with Crippen molar-refractivity contribution in [1.82, 2.24) is 10.2 Å². The minimum absolute atomic E-state index is 0. The van der Waals surface area contributed by atoms with Crippen molar-refractivity contribution in [1.29, 1.82) is 0 Å². The number of benzene rings is 1. The highest BCUT2D eigenvalue weighted by molar-refractivity contribution is 5.95. The van der Waals surface area contributed by atoms with Crippen molar-refractivity contribution in [2.75, 3.05) is 31.1 Å². The van der Waals surface area contributed by atoms with Crippen LogP contribution in [0.5, 0.6) is 0 Å². The van der Waals surface area contributed by atoms with Gasteiger partial charge in [0.1, 0.15) is 0 Å². The van der Waals surface area contributed by atoms with Crippen LogP contribution in [0.1, 0.15) is 31.2 Å². The van der Waals surface area contributed by atoms with E-state index in [1.54, 1.807) is 4.90 Å². The van der Waals surface area contributed by atoms with Gasteiger partial charge < -0.3 is 15.3 Å². The van der Waals surface area contributed by atoms with E-state index in [-0.39, 0.29) is 36.7 Å². The summed E-state index contributed by atoms with van der Waals surface area (Å²) in [5, 5.41) is 12.0. The van der Waals surface area contributed by atoms with Crippen molar-refractivity contribution in [3.05, 3.63) is 29.8 Å². The lowest BCUT2D eigenvalue weighted by atomic mass is 9.98. The number of piperidine rings is 1. The van der Waals surface area contributed by atoms with Crippen LogP contribution in [0.15, 0.2) is 24.3 Å². The molecule has 2 aliphatic heterocycles. The zero-order valence-electron chi connectivity index (χ0n) is 15.2. The third-order valence-electron chi connectivity index (χ3n) is 5.03. The van der Waals surface area contributed by atoms with E-state index in [0.717, 1.165) is 37.2 Å². The number of carbonyl (C=O) groups excluding carboxylic acids is 2. The molecule has 2 heterocycles. The van der Waals surface area contributed by atoms with Crippen molar-refractivity contribution in [3.63, 3.8) is 0 Å². The fourth-order valence-corrected chi connectivity index (χ4v) is 3.58. The zero-order chi connectivity index (χ0) is 18.5. The summed E-state index contributed by atoms with van der Waals surface area (Å²) in [5.74, 6) is -1.11. The van der Waals surface area contributed by atoms with Gasteiger partial charge in [-0.3, -0.25) is 19.3 Å². The summed E-state index contributed by atoms with van der Waals surface area (Å²) in [5.41, 5.74) is 1.87. The Bertz CT molecular complexity index is 680. The highest BCUT2D eigenvalue weighted by atomic mass is 35.5. The number of rotatable bonds is 6. The topological polar surface area (TPSA) is 89.9 Å². The van der Waals surface area contributed by atoms with Crippen molar-refractivity contribution in [3.8, 4) is 0 Å². The zero-order valence-corrected chi connectivity index (χ0v) is 16.0. The van der Waals surface area contributed by atoms with Gasteiger partial charge in [0, 0.05) is 31.7 Å². The molecule has 0 saturated carbocycles. The van der Waals surface area contributed by atoms with Crippen molar-refractivity contribution in [2.45, 2.75) is 32.2 Å². The summed E-state index contributed by atoms with van der Waals surface area (Å²) in [6.45, 7) is 2.60. The molecule has 2 fully saturated rings. The minimum atomic E-state index is -0.785. The molecule has 3 rings (SSSR count). The summed E-state index contributed by atoms with van der Waals surface area (Å²) in [6, 6.07) is 7.66. The Kier molecular flexibility index (Phi) is 7.62. The molecule has 1 unspecified atom stereocenters. The number of amides is 2. The van der Waals surface area contributed by atoms with E-state index in [1.807, 2.05) is 29.2 Å². The van der Waals surface area contributed by atoms with Crippen molar-refractivity contribution >= 4 is 35.9 Å². The number of hydrogen-bond acceptors (Lipinski definition) is 4. The number of anilines is 1. The number of hydrogen-bond donors (Lipinski definition) is 2. The molecule has 1 atom stereocenters. The number of nitrogens with zero attached hydrogens (tertiary/aromatic N) is 2. The summed E-state index contributed by atoms with van der Waals surface area (Å²) in [6.07, 6.45) is 2.99. The van der Waals surface area contributed by atoms with E-state index in [2.05, 4.69) is 5.32 Å². The second-order valence-corrected chi connectivity index (χ2v) is 7.00. The van der Waals surface area contributed by atoms with E-state index >= 15 is 0 Å². The smallest absolute Gasteiger partial charge is 0.307 e. The second kappa shape index (κ2) is 9.71. The first-order chi connectivity index (χ1) is 12.5. The average Bonchev–Trinajstić information content (AvgIpc) is 3.06. The number of likely N-dealkylation sites (tertiary alicyclic amines) is 1. The first-order valence-corrected chi connectivity index (χ1v) is 9.14. The molecule has 0 spiro atoms. The molecule has 0 radical (unpaired) electrons. The van der Waals surface area contributed by atoms with E-state index < -0.39 is 5.97 Å². The Morgan fingerprint density at radius 2 is 1.89 bits per heavy atom. The number of nitrogens with one attached hydrogen (secondary N) is 1. The van der Waals surface area contributed by atoms with Gasteiger partial charge in [-0.2, -0.15) is 0 Å². The third kappa shape index (κ3) is 5.68. The van der Waals surface area contributed by atoms with E-state index in [9.17, 15) is 14.4 Å². The van der Waals surface area contributed by atoms with Crippen LogP contribution >= 0.6 is 12.4 Å². The summed E-state index contributed by atoms with van der Waals surface area (Å²) >= 11 is 0. The van der Waals surface area contributed by atoms with Crippen LogP contribution in [0.25, 0.3) is 0 Å². The van der Waals surface area contributed by atoms with Crippen LogP contribution < -0.4 is 10.2 Å². The number of carboxylic acid groups (broad SMARTS) is 1. The van der Waals surface area contributed by atoms with Crippen LogP contribution in [0.2, 0.25) is 0 Å². The first kappa shape index (κ1) is 21.2. The Hall–Kier alpha value is -2.12. The Balaban J connectivity index is 0.00000261. The molecule has 2 aliphatic rings. The van der Waals surface area contributed by atoms with Crippen molar-refractivity contribution < 1.29 is 19.5 Å². The van der Waals surface area contributed by atoms with E-state index in [0.29, 0.717) is 25.9 Å². The monoisotopic (exact) mass is 395 g/mol. The predicted octanol–water partition coefficient (Wildman–Crippen LogP) is 1.65. The van der Waals surface area contributed by atoms with Gasteiger partial charge in [0.15, 0.2) is 0 Å². The van der Waals surface area contributed by atoms with Gasteiger partial charge in [0.25, 0.3) is 0 Å². The maximum Gasteiger partial charge on any atom is 0.307 e. The predicted molar refractivity (Wildman–Crippen MR) is 104 cm³/mol. The number of halogens is 1. The fraction of sp³-hybridized carbons (Fsp3) is 0.526. The molecule has 0 aromatic heterocycles. The third-order valence-corrected chi connectivity index (χ3v) is 5.03. The van der Waals surface area contributed by atoms with E-state index in [1.165, 1.54) is 0 Å². The normalized spacial score (nSPS) is 20.2. The van der Waals surface area contributed by atoms with Crippen LogP contribution in [0.3, 0.4) is 0 Å². The first-order valence-electron chi connectivity index (χ1n) is 9.14. The second-order valence-electron chi connectivity index (χ2n) is 7.00. The largest absolute Gasteiger partial charge is 0.481 e. The Morgan fingerprint density at radius 1 is 1.15 bits per heavy atom. The SMILES string of the molecule is Cl.O=C(CN1CCCC(C(=O)O)C1)NCc1ccc(N2CCCC2=O)cc1. The molecule has 27 heavy (non-hydrogen) atoms.